The highest BCUT2D eigenvalue weighted by molar-refractivity contribution is 7.71. The first-order valence-electron chi connectivity index (χ1n) is 7.30. The summed E-state index contributed by atoms with van der Waals surface area (Å²) in [7, 11) is 5.33. The lowest BCUT2D eigenvalue weighted by molar-refractivity contribution is 0.198. The highest BCUT2D eigenvalue weighted by Crippen LogP contribution is 2.33. The van der Waals surface area contributed by atoms with Crippen LogP contribution in [0.3, 0.4) is 0 Å². The number of ether oxygens (including phenoxy) is 2. The van der Waals surface area contributed by atoms with Crippen molar-refractivity contribution in [3.8, 4) is 11.5 Å². The molecule has 0 saturated carbocycles. The molecule has 5 nitrogen and oxygen atoms in total. The number of rotatable bonds is 4. The highest BCUT2D eigenvalue weighted by Gasteiger charge is 2.19. The van der Waals surface area contributed by atoms with Crippen molar-refractivity contribution in [3.05, 3.63) is 40.4 Å². The molecule has 0 aliphatic carbocycles. The van der Waals surface area contributed by atoms with Crippen LogP contribution in [0.25, 0.3) is 0 Å². The van der Waals surface area contributed by atoms with Gasteiger partial charge in [-0.1, -0.05) is 0 Å². The topological polar surface area (TPSA) is 31.6 Å². The minimum Gasteiger partial charge on any atom is -0.493 e. The van der Waals surface area contributed by atoms with Crippen LogP contribution in [-0.2, 0) is 26.7 Å². The smallest absolute Gasteiger partial charge is 0.180 e. The van der Waals surface area contributed by atoms with Crippen LogP contribution in [-0.4, -0.2) is 34.8 Å². The third kappa shape index (κ3) is 2.76. The molecule has 1 aliphatic heterocycles. The van der Waals surface area contributed by atoms with Gasteiger partial charge < -0.3 is 18.6 Å². The van der Waals surface area contributed by atoms with Crippen molar-refractivity contribution in [1.82, 2.24) is 14.0 Å². The number of aryl methyl sites for hydroxylation is 1. The molecule has 118 valence electrons. The second-order valence-corrected chi connectivity index (χ2v) is 5.95. The van der Waals surface area contributed by atoms with Gasteiger partial charge in [0.05, 0.1) is 20.9 Å². The van der Waals surface area contributed by atoms with E-state index in [1.54, 1.807) is 14.2 Å². The first kappa shape index (κ1) is 15.1. The Kier molecular flexibility index (Phi) is 4.22. The van der Waals surface area contributed by atoms with Crippen molar-refractivity contribution >= 4 is 12.2 Å². The summed E-state index contributed by atoms with van der Waals surface area (Å²) in [4.78, 5) is 2.39. The molecule has 6 heteroatoms. The van der Waals surface area contributed by atoms with E-state index >= 15 is 0 Å². The molecule has 0 spiro atoms. The molecule has 0 N–H and O–H groups in total. The maximum Gasteiger partial charge on any atom is 0.180 e. The van der Waals surface area contributed by atoms with E-state index in [9.17, 15) is 0 Å². The molecule has 0 bridgehead atoms. The van der Waals surface area contributed by atoms with Crippen LogP contribution in [0, 0.1) is 4.77 Å². The van der Waals surface area contributed by atoms with Gasteiger partial charge in [-0.15, -0.1) is 0 Å². The van der Waals surface area contributed by atoms with E-state index in [1.165, 1.54) is 11.1 Å². The Balaban J connectivity index is 1.81. The Bertz CT molecular complexity index is 735. The first-order chi connectivity index (χ1) is 10.6. The molecule has 1 aromatic carbocycles. The average molecular weight is 319 g/mol. The largest absolute Gasteiger partial charge is 0.493 e. The van der Waals surface area contributed by atoms with Crippen LogP contribution in [0.4, 0.5) is 0 Å². The quantitative estimate of drug-likeness (QED) is 0.811. The molecule has 1 aromatic heterocycles. The molecule has 3 rings (SSSR count). The standard InChI is InChI=1S/C16H21N3O2S/c1-17-6-7-19(16(17)22)11-18-5-4-12-8-14(20-2)15(21-3)9-13(12)10-18/h6-9H,4-5,10-11H2,1-3H3. The second kappa shape index (κ2) is 6.14. The summed E-state index contributed by atoms with van der Waals surface area (Å²) in [5, 5.41) is 0. The lowest BCUT2D eigenvalue weighted by Crippen LogP contribution is -2.32. The molecule has 0 radical (unpaired) electrons. The molecule has 0 saturated heterocycles. The van der Waals surface area contributed by atoms with Gasteiger partial charge in [0.2, 0.25) is 0 Å². The van der Waals surface area contributed by atoms with E-state index in [4.69, 9.17) is 21.7 Å². The summed E-state index contributed by atoms with van der Waals surface area (Å²) >= 11 is 5.41. The van der Waals surface area contributed by atoms with Gasteiger partial charge in [-0.2, -0.15) is 0 Å². The Morgan fingerprint density at radius 1 is 1.09 bits per heavy atom. The number of aromatic nitrogens is 2. The molecule has 2 heterocycles. The molecule has 0 unspecified atom stereocenters. The van der Waals surface area contributed by atoms with Gasteiger partial charge in [0.15, 0.2) is 16.3 Å². The maximum absolute atomic E-state index is 5.41. The van der Waals surface area contributed by atoms with Crippen LogP contribution in [0.15, 0.2) is 24.5 Å². The van der Waals surface area contributed by atoms with Crippen LogP contribution in [0.5, 0.6) is 11.5 Å². The number of methoxy groups -OCH3 is 2. The summed E-state index contributed by atoms with van der Waals surface area (Å²) in [6.45, 7) is 2.72. The minimum absolute atomic E-state index is 0.791. The van der Waals surface area contributed by atoms with Crippen LogP contribution < -0.4 is 9.47 Å². The highest BCUT2D eigenvalue weighted by atomic mass is 32.1. The predicted molar refractivity (Wildman–Crippen MR) is 87.9 cm³/mol. The summed E-state index contributed by atoms with van der Waals surface area (Å²) in [6.07, 6.45) is 5.04. The van der Waals surface area contributed by atoms with Crippen LogP contribution >= 0.6 is 12.2 Å². The fourth-order valence-electron chi connectivity index (χ4n) is 2.90. The first-order valence-corrected chi connectivity index (χ1v) is 7.71. The van der Waals surface area contributed by atoms with E-state index in [2.05, 4.69) is 21.6 Å². The SMILES string of the molecule is COc1cc2c(cc1OC)CN(Cn1ccn(C)c1=S)CC2. The zero-order chi connectivity index (χ0) is 15.7. The summed E-state index contributed by atoms with van der Waals surface area (Å²) < 4.78 is 15.7. The molecular weight excluding hydrogens is 298 g/mol. The molecule has 1 aliphatic rings. The fraction of sp³-hybridized carbons (Fsp3) is 0.438. The Labute approximate surface area is 135 Å². The number of hydrogen-bond donors (Lipinski definition) is 0. The van der Waals surface area contributed by atoms with Gasteiger partial charge in [-0.05, 0) is 41.9 Å². The minimum atomic E-state index is 0.791. The zero-order valence-electron chi connectivity index (χ0n) is 13.2. The third-order valence-corrected chi connectivity index (χ3v) is 4.69. The predicted octanol–water partition coefficient (Wildman–Crippen LogP) is 2.59. The molecule has 0 atom stereocenters. The van der Waals surface area contributed by atoms with Gasteiger partial charge in [-0.25, -0.2) is 0 Å². The second-order valence-electron chi connectivity index (χ2n) is 5.58. The number of fused-ring (bicyclic) bond motifs is 1. The fourth-order valence-corrected chi connectivity index (χ4v) is 3.08. The van der Waals surface area contributed by atoms with Gasteiger partial charge in [0.25, 0.3) is 0 Å². The lowest BCUT2D eigenvalue weighted by atomic mass is 9.99. The lowest BCUT2D eigenvalue weighted by Gasteiger charge is -2.29. The molecule has 2 aromatic rings. The van der Waals surface area contributed by atoms with E-state index < -0.39 is 0 Å². The zero-order valence-corrected chi connectivity index (χ0v) is 14.0. The number of imidazole rings is 1. The Morgan fingerprint density at radius 2 is 1.77 bits per heavy atom. The van der Waals surface area contributed by atoms with Crippen LogP contribution in [0.2, 0.25) is 0 Å². The van der Waals surface area contributed by atoms with E-state index in [-0.39, 0.29) is 0 Å². The Morgan fingerprint density at radius 3 is 2.36 bits per heavy atom. The van der Waals surface area contributed by atoms with E-state index in [0.717, 1.165) is 42.4 Å². The van der Waals surface area contributed by atoms with E-state index in [0.29, 0.717) is 0 Å². The number of benzene rings is 1. The van der Waals surface area contributed by atoms with Gasteiger partial charge in [-0.3, -0.25) is 4.90 Å². The summed E-state index contributed by atoms with van der Waals surface area (Å²) in [6, 6.07) is 4.18. The summed E-state index contributed by atoms with van der Waals surface area (Å²) in [5.41, 5.74) is 2.64. The van der Waals surface area contributed by atoms with Crippen molar-refractivity contribution in [1.29, 1.82) is 0 Å². The van der Waals surface area contributed by atoms with Crippen molar-refractivity contribution in [2.75, 3.05) is 20.8 Å². The van der Waals surface area contributed by atoms with Gasteiger partial charge in [0, 0.05) is 32.5 Å². The maximum atomic E-state index is 5.41. The van der Waals surface area contributed by atoms with Crippen molar-refractivity contribution in [3.63, 3.8) is 0 Å². The molecule has 0 amide bonds. The van der Waals surface area contributed by atoms with Crippen LogP contribution in [0.1, 0.15) is 11.1 Å². The molecule has 0 fully saturated rings. The average Bonchev–Trinajstić information content (AvgIpc) is 2.85. The van der Waals surface area contributed by atoms with Gasteiger partial charge in [0.1, 0.15) is 0 Å². The number of hydrogen-bond acceptors (Lipinski definition) is 4. The van der Waals surface area contributed by atoms with Crippen molar-refractivity contribution in [2.45, 2.75) is 19.6 Å². The van der Waals surface area contributed by atoms with E-state index in [1.807, 2.05) is 24.0 Å². The Hall–Kier alpha value is -1.79. The molecular formula is C16H21N3O2S. The third-order valence-electron chi connectivity index (χ3n) is 4.17. The van der Waals surface area contributed by atoms with Gasteiger partial charge >= 0.3 is 0 Å². The van der Waals surface area contributed by atoms with Crippen molar-refractivity contribution in [2.24, 2.45) is 7.05 Å². The number of nitrogens with zero attached hydrogens (tertiary/aromatic N) is 3. The molecule has 22 heavy (non-hydrogen) atoms. The van der Waals surface area contributed by atoms with Crippen molar-refractivity contribution < 1.29 is 9.47 Å². The summed E-state index contributed by atoms with van der Waals surface area (Å²) in [5.74, 6) is 1.60. The monoisotopic (exact) mass is 319 g/mol. The normalized spacial score (nSPS) is 14.7.